The summed E-state index contributed by atoms with van der Waals surface area (Å²) in [5.74, 6) is -8.54. The number of ketones is 2. The molecule has 2 aromatic heterocycles. The fourth-order valence-corrected chi connectivity index (χ4v) is 10.6. The van der Waals surface area contributed by atoms with Gasteiger partial charge in [-0.2, -0.15) is 36.3 Å². The van der Waals surface area contributed by atoms with Gasteiger partial charge in [0, 0.05) is 86.4 Å². The smallest absolute Gasteiger partial charge is 0.471 e. The molecule has 2 aliphatic heterocycles. The fourth-order valence-electron chi connectivity index (χ4n) is 10.3. The number of rotatable bonds is 26. The molecule has 544 valence electrons. The van der Waals surface area contributed by atoms with Crippen molar-refractivity contribution in [2.45, 2.75) is 124 Å². The van der Waals surface area contributed by atoms with Crippen molar-refractivity contribution in [2.24, 2.45) is 0 Å². The first-order valence-corrected chi connectivity index (χ1v) is 32.7. The first-order chi connectivity index (χ1) is 47.3. The van der Waals surface area contributed by atoms with Gasteiger partial charge >= 0.3 is 48.3 Å². The molecule has 0 saturated carbocycles. The summed E-state index contributed by atoms with van der Waals surface area (Å²) < 4.78 is 101. The summed E-state index contributed by atoms with van der Waals surface area (Å²) in [6.07, 6.45) is -6.44. The monoisotopic (exact) mass is 1450 g/mol. The van der Waals surface area contributed by atoms with E-state index in [9.17, 15) is 69.8 Å². The number of carboxylic acids is 1. The van der Waals surface area contributed by atoms with Gasteiger partial charge in [-0.25, -0.2) is 29.1 Å². The molecule has 2 aliphatic rings. The second kappa shape index (κ2) is 36.0. The van der Waals surface area contributed by atoms with Gasteiger partial charge in [0.15, 0.2) is 23.2 Å². The van der Waals surface area contributed by atoms with Gasteiger partial charge in [0.25, 0.3) is 0 Å². The summed E-state index contributed by atoms with van der Waals surface area (Å²) in [7, 11) is 0. The number of carbonyl (C=O) groups is 8. The van der Waals surface area contributed by atoms with Crippen molar-refractivity contribution >= 4 is 106 Å². The number of aromatic nitrogens is 4. The van der Waals surface area contributed by atoms with Crippen molar-refractivity contribution in [3.63, 3.8) is 0 Å². The summed E-state index contributed by atoms with van der Waals surface area (Å²) >= 11 is 11.8. The lowest BCUT2D eigenvalue weighted by molar-refractivity contribution is -0.170. The van der Waals surface area contributed by atoms with E-state index in [1.54, 1.807) is 90.6 Å². The van der Waals surface area contributed by atoms with E-state index in [-0.39, 0.29) is 70.4 Å². The Kier molecular flexibility index (Phi) is 28.5. The van der Waals surface area contributed by atoms with Gasteiger partial charge in [-0.05, 0) is 158 Å². The minimum atomic E-state index is -5.40. The number of anilines is 6. The summed E-state index contributed by atoms with van der Waals surface area (Å²) in [4.78, 5) is 127. The number of carbonyl (C=O) groups excluding carboxylic acids is 7. The van der Waals surface area contributed by atoms with Gasteiger partial charge in [0.2, 0.25) is 11.9 Å². The highest BCUT2D eigenvalue weighted by molar-refractivity contribution is 6.31. The molecule has 6 aromatic rings. The topological polar surface area (TPSA) is 280 Å². The van der Waals surface area contributed by atoms with E-state index in [0.29, 0.717) is 73.5 Å². The predicted octanol–water partition coefficient (Wildman–Crippen LogP) is 12.8. The van der Waals surface area contributed by atoms with Gasteiger partial charge in [0.1, 0.15) is 40.6 Å². The van der Waals surface area contributed by atoms with Crippen molar-refractivity contribution in [1.29, 1.82) is 0 Å². The molecule has 0 spiro atoms. The molecule has 4 heterocycles. The van der Waals surface area contributed by atoms with E-state index >= 15 is 0 Å². The van der Waals surface area contributed by atoms with E-state index in [1.807, 2.05) is 13.8 Å². The van der Waals surface area contributed by atoms with Crippen LogP contribution in [0.3, 0.4) is 0 Å². The Morgan fingerprint density at radius 1 is 0.535 bits per heavy atom. The molecule has 4 aromatic carbocycles. The number of hydrogen-bond donors (Lipinski definition) is 3. The minimum absolute atomic E-state index is 0. The summed E-state index contributed by atoms with van der Waals surface area (Å²) in [6.45, 7) is 14.2. The number of ether oxygens (including phenoxy) is 3. The number of Topliss-reactive ketones (excluding diaryl/α,β-unsaturated/α-hetero) is 2. The van der Waals surface area contributed by atoms with Crippen LogP contribution in [0.15, 0.2) is 109 Å². The van der Waals surface area contributed by atoms with Crippen molar-refractivity contribution in [3.05, 3.63) is 142 Å². The van der Waals surface area contributed by atoms with Gasteiger partial charge < -0.3 is 49.6 Å². The molecule has 32 heteroatoms. The van der Waals surface area contributed by atoms with Crippen LogP contribution in [-0.4, -0.2) is 178 Å². The van der Waals surface area contributed by atoms with Gasteiger partial charge in [-0.15, -0.1) is 0 Å². The Balaban J connectivity index is 0.000000316. The van der Waals surface area contributed by atoms with Gasteiger partial charge in [0.05, 0.1) is 25.5 Å². The normalized spacial score (nSPS) is 13.5. The van der Waals surface area contributed by atoms with Crippen molar-refractivity contribution in [1.82, 2.24) is 29.7 Å². The Morgan fingerprint density at radius 3 is 1.19 bits per heavy atom. The van der Waals surface area contributed by atoms with Crippen molar-refractivity contribution < 1.29 is 84.0 Å². The number of hydrogen-bond acceptors (Lipinski definition) is 19. The van der Waals surface area contributed by atoms with Crippen LogP contribution in [0.1, 0.15) is 113 Å². The molecule has 4 amide bonds. The number of halogens is 8. The zero-order chi connectivity index (χ0) is 73.2. The van der Waals surface area contributed by atoms with Crippen molar-refractivity contribution in [2.75, 3.05) is 95.7 Å². The lowest BCUT2D eigenvalue weighted by Crippen LogP contribution is -2.45. The summed E-state index contributed by atoms with van der Waals surface area (Å²) in [6, 6.07) is 20.6. The largest absolute Gasteiger partial charge is 0.480 e. The first-order valence-electron chi connectivity index (χ1n) is 32.0. The molecule has 2 fully saturated rings. The maximum absolute atomic E-state index is 14.1. The maximum Gasteiger partial charge on any atom is 0.471 e. The number of carboxylic acid groups (broad SMARTS) is 1. The molecule has 0 bridgehead atoms. The van der Waals surface area contributed by atoms with Crippen molar-refractivity contribution in [3.8, 4) is 11.5 Å². The zero-order valence-electron chi connectivity index (χ0n) is 55.8. The molecule has 2 atom stereocenters. The molecule has 2 saturated heterocycles. The van der Waals surface area contributed by atoms with Crippen LogP contribution in [0.2, 0.25) is 10.0 Å². The molecular weight excluding hydrogens is 1370 g/mol. The highest BCUT2D eigenvalue weighted by Gasteiger charge is 2.46. The Labute approximate surface area is 590 Å². The van der Waals surface area contributed by atoms with Gasteiger partial charge in [-0.1, -0.05) is 54.9 Å². The SMILES string of the molecule is C.CCN(CC)c1ncc(N(CC(=O)c2ccc(Cl)cc2)C(=O)C(F)(F)F)c(N[C@@H](Cc2ccc(OC(=O)N3CCCC3)cc2)C(=O)O)n1.CCN(CC)c1ncc(N(CC(=O)c2ccc(Cl)cc2)C(=O)C(F)(F)F)c(N[C@@H](Cc2ccc(OC(=O)N3CCCC3)cc2)C(=O)OC(C)(C)C)n1. The number of nitrogens with one attached hydrogen (secondary N) is 2. The fraction of sp³-hybridized carbons (Fsp3) is 0.420. The Bertz CT molecular complexity index is 3830. The maximum atomic E-state index is 14.1. The minimum Gasteiger partial charge on any atom is -0.480 e. The average Bonchev–Trinajstić information content (AvgIpc) is 1.58. The molecule has 8 rings (SSSR count). The second-order valence-corrected chi connectivity index (χ2v) is 24.7. The number of esters is 1. The van der Waals surface area contributed by atoms with Crippen LogP contribution in [0.5, 0.6) is 11.5 Å². The number of amides is 4. The highest BCUT2D eigenvalue weighted by atomic mass is 35.5. The molecule has 0 unspecified atom stereocenters. The second-order valence-electron chi connectivity index (χ2n) is 23.9. The third-order valence-electron chi connectivity index (χ3n) is 15.6. The number of benzene rings is 4. The third kappa shape index (κ3) is 22.8. The zero-order valence-corrected chi connectivity index (χ0v) is 57.3. The molecule has 0 aliphatic carbocycles. The molecule has 24 nitrogen and oxygen atoms in total. The van der Waals surface area contributed by atoms with Crippen LogP contribution < -0.4 is 39.7 Å². The molecule has 3 N–H and O–H groups in total. The third-order valence-corrected chi connectivity index (χ3v) is 16.1. The number of aliphatic carboxylic acids is 1. The predicted molar refractivity (Wildman–Crippen MR) is 369 cm³/mol. The molecule has 101 heavy (non-hydrogen) atoms. The Hall–Kier alpha value is -9.84. The van der Waals surface area contributed by atoms with E-state index in [0.717, 1.165) is 38.1 Å². The average molecular weight is 1450 g/mol. The van der Waals surface area contributed by atoms with E-state index in [1.165, 1.54) is 60.7 Å². The van der Waals surface area contributed by atoms with Crippen LogP contribution in [-0.2, 0) is 36.8 Å². The van der Waals surface area contributed by atoms with E-state index < -0.39 is 108 Å². The summed E-state index contributed by atoms with van der Waals surface area (Å²) in [5, 5.41) is 16.3. The Morgan fingerprint density at radius 2 is 0.871 bits per heavy atom. The summed E-state index contributed by atoms with van der Waals surface area (Å²) in [5.41, 5.74) is -0.923. The standard InChI is InChI=1S/C36H42ClF3N6O6.C32H34ClF3N6O6.CH4/c1-6-44(7-2)33-41-21-28(46(32(49)36(38,39)40)22-29(47)24-12-14-25(37)15-13-24)30(43-33)42-27(31(48)52-35(3,4)5)20-23-10-16-26(17-11-23)51-34(50)45-18-8-9-19-45;1-3-40(4-2)30-37-18-25(42(29(46)32(34,35)36)19-26(43)21-9-11-22(33)12-10-21)27(39-30)38-24(28(44)45)17-20-7-13-23(14-8-20)48-31(47)41-15-5-6-16-41;/h10-17,21,27H,6-9,18-20,22H2,1-5H3,(H,41,42,43);7-14,18,24H,3-6,15-17,19H2,1-2H3,(H,44,45)(H,37,38,39);1H4/t27-;24-;/m00./s1. The van der Waals surface area contributed by atoms with Crippen LogP contribution in [0, 0.1) is 0 Å². The first kappa shape index (κ1) is 80.1. The number of nitrogens with zero attached hydrogens (tertiary/aromatic N) is 10. The van der Waals surface area contributed by atoms with E-state index in [4.69, 9.17) is 37.4 Å². The van der Waals surface area contributed by atoms with E-state index in [2.05, 4.69) is 30.6 Å². The van der Waals surface area contributed by atoms with Gasteiger partial charge in [-0.3, -0.25) is 29.0 Å². The highest BCUT2D eigenvalue weighted by Crippen LogP contribution is 2.34. The number of likely N-dealkylation sites (tertiary alicyclic amines) is 2. The van der Waals surface area contributed by atoms with Crippen LogP contribution in [0.25, 0.3) is 0 Å². The quantitative estimate of drug-likeness (QED) is 0.0258. The molecular formula is C69H80Cl2F6N12O12. The lowest BCUT2D eigenvalue weighted by atomic mass is 10.0. The number of alkyl halides is 6. The van der Waals surface area contributed by atoms with Crippen LogP contribution in [0.4, 0.5) is 70.8 Å². The van der Waals surface area contributed by atoms with Crippen LogP contribution >= 0.6 is 23.2 Å². The molecule has 0 radical (unpaired) electrons. The lowest BCUT2D eigenvalue weighted by Gasteiger charge is -2.29.